The predicted octanol–water partition coefficient (Wildman–Crippen LogP) is 5.68. The molecular weight excluding hydrogens is 335 g/mol. The molecule has 0 atom stereocenters. The Hall–Kier alpha value is -1.56. The molecule has 0 spiro atoms. The van der Waals surface area contributed by atoms with Gasteiger partial charge in [0.15, 0.2) is 0 Å². The van der Waals surface area contributed by atoms with Crippen LogP contribution in [0.4, 0.5) is 13.2 Å². The average Bonchev–Trinajstić information content (AvgIpc) is 2.43. The van der Waals surface area contributed by atoms with Crippen molar-refractivity contribution in [2.75, 3.05) is 0 Å². The summed E-state index contributed by atoms with van der Waals surface area (Å²) in [5.41, 5.74) is -0.800. The standard InChI is InChI=1S/C12H7BrF3NO.C2H6/c13-9-2-4-10(5-3-9)18-11-6-1-8(7-17-11)12(14,15)16;1-2/h1-7H;1-2H3. The van der Waals surface area contributed by atoms with E-state index >= 15 is 0 Å². The lowest BCUT2D eigenvalue weighted by Crippen LogP contribution is -2.05. The Labute approximate surface area is 123 Å². The largest absolute Gasteiger partial charge is 0.439 e. The van der Waals surface area contributed by atoms with Crippen molar-refractivity contribution >= 4 is 15.9 Å². The molecule has 0 unspecified atom stereocenters. The molecule has 0 aliphatic heterocycles. The molecule has 2 rings (SSSR count). The first kappa shape index (κ1) is 16.5. The number of benzene rings is 1. The van der Waals surface area contributed by atoms with E-state index in [9.17, 15) is 13.2 Å². The molecule has 2 nitrogen and oxygen atoms in total. The number of rotatable bonds is 2. The SMILES string of the molecule is CC.FC(F)(F)c1ccc(Oc2ccc(Br)cc2)nc1. The normalized spacial score (nSPS) is 10.5. The highest BCUT2D eigenvalue weighted by atomic mass is 79.9. The molecule has 0 aliphatic carbocycles. The Morgan fingerprint density at radius 2 is 1.60 bits per heavy atom. The van der Waals surface area contributed by atoms with Gasteiger partial charge in [0.2, 0.25) is 5.88 Å². The number of aromatic nitrogens is 1. The molecular formula is C14H13BrF3NO. The van der Waals surface area contributed by atoms with Gasteiger partial charge in [-0.25, -0.2) is 4.98 Å². The molecule has 108 valence electrons. The van der Waals surface area contributed by atoms with E-state index in [-0.39, 0.29) is 5.88 Å². The minimum Gasteiger partial charge on any atom is -0.439 e. The molecule has 0 saturated heterocycles. The summed E-state index contributed by atoms with van der Waals surface area (Å²) in [4.78, 5) is 3.61. The number of pyridine rings is 1. The third kappa shape index (κ3) is 4.85. The van der Waals surface area contributed by atoms with E-state index < -0.39 is 11.7 Å². The molecule has 0 radical (unpaired) electrons. The Morgan fingerprint density at radius 3 is 2.05 bits per heavy atom. The fourth-order valence-electron chi connectivity index (χ4n) is 1.23. The van der Waals surface area contributed by atoms with Crippen molar-refractivity contribution < 1.29 is 17.9 Å². The number of alkyl halides is 3. The summed E-state index contributed by atoms with van der Waals surface area (Å²) in [5, 5.41) is 0. The van der Waals surface area contributed by atoms with Crippen LogP contribution in [0, 0.1) is 0 Å². The molecule has 1 aromatic carbocycles. The predicted molar refractivity (Wildman–Crippen MR) is 74.8 cm³/mol. The summed E-state index contributed by atoms with van der Waals surface area (Å²) < 4.78 is 43.1. The highest BCUT2D eigenvalue weighted by Gasteiger charge is 2.30. The van der Waals surface area contributed by atoms with Gasteiger partial charge in [-0.05, 0) is 30.3 Å². The van der Waals surface area contributed by atoms with Crippen LogP contribution in [0.1, 0.15) is 19.4 Å². The maximum absolute atomic E-state index is 12.3. The van der Waals surface area contributed by atoms with Crippen LogP contribution in [0.15, 0.2) is 47.1 Å². The molecule has 0 fully saturated rings. The van der Waals surface area contributed by atoms with E-state index in [1.165, 1.54) is 6.07 Å². The van der Waals surface area contributed by atoms with Crippen molar-refractivity contribution in [2.24, 2.45) is 0 Å². The summed E-state index contributed by atoms with van der Waals surface area (Å²) in [6.45, 7) is 4.00. The number of hydrogen-bond acceptors (Lipinski definition) is 2. The molecule has 1 aromatic heterocycles. The summed E-state index contributed by atoms with van der Waals surface area (Å²) in [6.07, 6.45) is -3.64. The number of ether oxygens (including phenoxy) is 1. The van der Waals surface area contributed by atoms with Crippen LogP contribution in [-0.4, -0.2) is 4.98 Å². The lowest BCUT2D eigenvalue weighted by Gasteiger charge is -2.07. The van der Waals surface area contributed by atoms with Crippen LogP contribution in [0.2, 0.25) is 0 Å². The van der Waals surface area contributed by atoms with Crippen LogP contribution >= 0.6 is 15.9 Å². The zero-order valence-electron chi connectivity index (χ0n) is 10.9. The molecule has 1 heterocycles. The van der Waals surface area contributed by atoms with Crippen molar-refractivity contribution in [3.05, 3.63) is 52.6 Å². The van der Waals surface area contributed by atoms with Gasteiger partial charge in [-0.3, -0.25) is 0 Å². The van der Waals surface area contributed by atoms with E-state index in [2.05, 4.69) is 20.9 Å². The molecule has 0 amide bonds. The second-order valence-electron chi connectivity index (χ2n) is 3.44. The van der Waals surface area contributed by atoms with Gasteiger partial charge in [-0.1, -0.05) is 29.8 Å². The lowest BCUT2D eigenvalue weighted by atomic mass is 10.3. The van der Waals surface area contributed by atoms with Crippen LogP contribution < -0.4 is 4.74 Å². The third-order valence-electron chi connectivity index (χ3n) is 2.10. The van der Waals surface area contributed by atoms with Crippen molar-refractivity contribution in [2.45, 2.75) is 20.0 Å². The van der Waals surface area contributed by atoms with Crippen molar-refractivity contribution in [3.63, 3.8) is 0 Å². The number of hydrogen-bond donors (Lipinski definition) is 0. The van der Waals surface area contributed by atoms with Crippen LogP contribution in [0.3, 0.4) is 0 Å². The zero-order valence-corrected chi connectivity index (χ0v) is 12.5. The van der Waals surface area contributed by atoms with Gasteiger partial charge in [0, 0.05) is 16.7 Å². The van der Waals surface area contributed by atoms with Gasteiger partial charge in [0.05, 0.1) is 5.56 Å². The molecule has 6 heteroatoms. The fraction of sp³-hybridized carbons (Fsp3) is 0.214. The van der Waals surface area contributed by atoms with Crippen molar-refractivity contribution in [1.29, 1.82) is 0 Å². The number of nitrogens with zero attached hydrogens (tertiary/aromatic N) is 1. The van der Waals surface area contributed by atoms with Crippen molar-refractivity contribution in [3.8, 4) is 11.6 Å². The maximum Gasteiger partial charge on any atom is 0.417 e. The lowest BCUT2D eigenvalue weighted by molar-refractivity contribution is -0.137. The first-order valence-corrected chi connectivity index (χ1v) is 6.71. The Bertz CT molecular complexity index is 524. The van der Waals surface area contributed by atoms with Gasteiger partial charge in [0.1, 0.15) is 5.75 Å². The maximum atomic E-state index is 12.3. The average molecular weight is 348 g/mol. The first-order valence-electron chi connectivity index (χ1n) is 5.92. The summed E-state index contributed by atoms with van der Waals surface area (Å²) in [5.74, 6) is 0.621. The van der Waals surface area contributed by atoms with Crippen molar-refractivity contribution in [1.82, 2.24) is 4.98 Å². The van der Waals surface area contributed by atoms with E-state index in [0.717, 1.165) is 16.7 Å². The minimum atomic E-state index is -4.39. The summed E-state index contributed by atoms with van der Waals surface area (Å²) in [7, 11) is 0. The highest BCUT2D eigenvalue weighted by Crippen LogP contribution is 2.30. The topological polar surface area (TPSA) is 22.1 Å². The fourth-order valence-corrected chi connectivity index (χ4v) is 1.50. The molecule has 0 aliphatic rings. The zero-order chi connectivity index (χ0) is 15.2. The molecule has 0 bridgehead atoms. The summed E-state index contributed by atoms with van der Waals surface area (Å²) in [6, 6.07) is 9.01. The molecule has 20 heavy (non-hydrogen) atoms. The quantitative estimate of drug-likeness (QED) is 0.696. The van der Waals surface area contributed by atoms with Gasteiger partial charge in [0.25, 0.3) is 0 Å². The second-order valence-corrected chi connectivity index (χ2v) is 4.35. The number of halogens is 4. The first-order chi connectivity index (χ1) is 9.45. The van der Waals surface area contributed by atoms with Gasteiger partial charge in [-0.2, -0.15) is 13.2 Å². The smallest absolute Gasteiger partial charge is 0.417 e. The van der Waals surface area contributed by atoms with Gasteiger partial charge >= 0.3 is 6.18 Å². The van der Waals surface area contributed by atoms with Crippen LogP contribution in [-0.2, 0) is 6.18 Å². The van der Waals surface area contributed by atoms with Gasteiger partial charge in [-0.15, -0.1) is 0 Å². The minimum absolute atomic E-state index is 0.116. The van der Waals surface area contributed by atoms with Crippen LogP contribution in [0.5, 0.6) is 11.6 Å². The Balaban J connectivity index is 0.000000956. The van der Waals surface area contributed by atoms with E-state index in [4.69, 9.17) is 4.74 Å². The molecule has 2 aromatic rings. The monoisotopic (exact) mass is 347 g/mol. The van der Waals surface area contributed by atoms with E-state index in [1.807, 2.05) is 13.8 Å². The van der Waals surface area contributed by atoms with E-state index in [0.29, 0.717) is 5.75 Å². The Morgan fingerprint density at radius 1 is 1.00 bits per heavy atom. The third-order valence-corrected chi connectivity index (χ3v) is 2.63. The second kappa shape index (κ2) is 7.28. The summed E-state index contributed by atoms with van der Waals surface area (Å²) >= 11 is 3.27. The Kier molecular flexibility index (Phi) is 6.01. The van der Waals surface area contributed by atoms with Gasteiger partial charge < -0.3 is 4.74 Å². The van der Waals surface area contributed by atoms with E-state index in [1.54, 1.807) is 24.3 Å². The molecule has 0 N–H and O–H groups in total. The van der Waals surface area contributed by atoms with Crippen LogP contribution in [0.25, 0.3) is 0 Å². The highest BCUT2D eigenvalue weighted by molar-refractivity contribution is 9.10. The molecule has 0 saturated carbocycles.